The molecule has 1 atom stereocenters. The largest absolute Gasteiger partial charge is 0.369 e. The molecule has 2 aliphatic heterocycles. The molecule has 0 radical (unpaired) electrons. The zero-order valence-electron chi connectivity index (χ0n) is 11.9. The summed E-state index contributed by atoms with van der Waals surface area (Å²) in [6, 6.07) is 8.35. The molecule has 0 saturated carbocycles. The van der Waals surface area contributed by atoms with Gasteiger partial charge < -0.3 is 10.6 Å². The Morgan fingerprint density at radius 3 is 2.90 bits per heavy atom. The Morgan fingerprint density at radius 1 is 1.40 bits per heavy atom. The van der Waals surface area contributed by atoms with Crippen LogP contribution in [-0.2, 0) is 0 Å². The number of anilines is 1. The SMILES string of the molecule is CC1(C)CCSCC12CN=C(N)N2c1cccc(Br)c1. The second kappa shape index (κ2) is 4.95. The molecule has 5 heteroatoms. The summed E-state index contributed by atoms with van der Waals surface area (Å²) in [5, 5.41) is 0. The predicted molar refractivity (Wildman–Crippen MR) is 91.6 cm³/mol. The van der Waals surface area contributed by atoms with E-state index in [1.54, 1.807) is 0 Å². The lowest BCUT2D eigenvalue weighted by Crippen LogP contribution is -2.63. The van der Waals surface area contributed by atoms with Crippen LogP contribution in [0.3, 0.4) is 0 Å². The van der Waals surface area contributed by atoms with Crippen LogP contribution < -0.4 is 10.6 Å². The summed E-state index contributed by atoms with van der Waals surface area (Å²) in [5.74, 6) is 2.95. The van der Waals surface area contributed by atoms with Crippen LogP contribution >= 0.6 is 27.7 Å². The maximum Gasteiger partial charge on any atom is 0.196 e. The van der Waals surface area contributed by atoms with E-state index in [-0.39, 0.29) is 11.0 Å². The summed E-state index contributed by atoms with van der Waals surface area (Å²) < 4.78 is 1.08. The van der Waals surface area contributed by atoms with Crippen LogP contribution in [0, 0.1) is 5.41 Å². The molecule has 2 heterocycles. The number of benzene rings is 1. The van der Waals surface area contributed by atoms with Gasteiger partial charge in [0.05, 0.1) is 12.1 Å². The predicted octanol–water partition coefficient (Wildman–Crippen LogP) is 3.49. The molecular weight excluding hydrogens is 334 g/mol. The van der Waals surface area contributed by atoms with Gasteiger partial charge in [0.2, 0.25) is 0 Å². The Bertz CT molecular complexity index is 558. The number of aliphatic imine (C=N–C) groups is 1. The highest BCUT2D eigenvalue weighted by atomic mass is 79.9. The van der Waals surface area contributed by atoms with Gasteiger partial charge in [-0.05, 0) is 35.8 Å². The number of nitrogens with two attached hydrogens (primary N) is 1. The summed E-state index contributed by atoms with van der Waals surface area (Å²) in [6.07, 6.45) is 1.20. The number of hydrogen-bond acceptors (Lipinski definition) is 4. The molecule has 0 amide bonds. The Morgan fingerprint density at radius 2 is 2.20 bits per heavy atom. The average Bonchev–Trinajstić information content (AvgIpc) is 2.72. The second-order valence-electron chi connectivity index (χ2n) is 6.21. The minimum absolute atomic E-state index is 0.000787. The Balaban J connectivity index is 2.08. The highest BCUT2D eigenvalue weighted by Crippen LogP contribution is 2.49. The van der Waals surface area contributed by atoms with Crippen LogP contribution in [0.2, 0.25) is 0 Å². The molecular formula is C15H20BrN3S. The van der Waals surface area contributed by atoms with Crippen molar-refractivity contribution < 1.29 is 0 Å². The number of nitrogens with zero attached hydrogens (tertiary/aromatic N) is 2. The Kier molecular flexibility index (Phi) is 3.53. The van der Waals surface area contributed by atoms with Gasteiger partial charge in [-0.25, -0.2) is 0 Å². The lowest BCUT2D eigenvalue weighted by molar-refractivity contribution is 0.192. The van der Waals surface area contributed by atoms with E-state index in [9.17, 15) is 0 Å². The molecule has 108 valence electrons. The van der Waals surface area contributed by atoms with Crippen molar-refractivity contribution in [3.05, 3.63) is 28.7 Å². The highest BCUT2D eigenvalue weighted by Gasteiger charge is 2.54. The molecule has 0 aromatic heterocycles. The summed E-state index contributed by atoms with van der Waals surface area (Å²) in [5.41, 5.74) is 7.57. The number of guanidine groups is 1. The summed E-state index contributed by atoms with van der Waals surface area (Å²) in [6.45, 7) is 5.50. The van der Waals surface area contributed by atoms with Crippen LogP contribution in [0.1, 0.15) is 20.3 Å². The van der Waals surface area contributed by atoms with Crippen molar-refractivity contribution in [3.63, 3.8) is 0 Å². The maximum absolute atomic E-state index is 6.24. The van der Waals surface area contributed by atoms with Gasteiger partial charge in [0.25, 0.3) is 0 Å². The summed E-state index contributed by atoms with van der Waals surface area (Å²) in [4.78, 5) is 6.86. The van der Waals surface area contributed by atoms with Crippen LogP contribution in [-0.4, -0.2) is 29.5 Å². The van der Waals surface area contributed by atoms with Gasteiger partial charge in [0, 0.05) is 15.9 Å². The van der Waals surface area contributed by atoms with Gasteiger partial charge in [-0.1, -0.05) is 35.8 Å². The van der Waals surface area contributed by atoms with E-state index in [2.05, 4.69) is 57.9 Å². The molecule has 0 aliphatic carbocycles. The molecule has 2 aliphatic rings. The van der Waals surface area contributed by atoms with Crippen molar-refractivity contribution in [1.29, 1.82) is 0 Å². The zero-order chi connectivity index (χ0) is 14.4. The highest BCUT2D eigenvalue weighted by molar-refractivity contribution is 9.10. The molecule has 3 nitrogen and oxygen atoms in total. The van der Waals surface area contributed by atoms with Crippen molar-refractivity contribution in [2.75, 3.05) is 23.0 Å². The van der Waals surface area contributed by atoms with E-state index in [0.29, 0.717) is 5.96 Å². The fourth-order valence-electron chi connectivity index (χ4n) is 3.19. The normalized spacial score (nSPS) is 28.8. The fourth-order valence-corrected chi connectivity index (χ4v) is 5.33. The standard InChI is InChI=1S/C15H20BrN3S/c1-14(2)6-7-20-10-15(14)9-18-13(17)19(15)12-5-3-4-11(16)8-12/h3-5,8H,6-7,9-10H2,1-2H3,(H2,17,18). The van der Waals surface area contributed by atoms with Crippen LogP contribution in [0.4, 0.5) is 5.69 Å². The van der Waals surface area contributed by atoms with E-state index in [0.717, 1.165) is 22.5 Å². The number of hydrogen-bond donors (Lipinski definition) is 1. The van der Waals surface area contributed by atoms with Crippen molar-refractivity contribution in [2.24, 2.45) is 16.1 Å². The minimum atomic E-state index is 0.000787. The van der Waals surface area contributed by atoms with Crippen molar-refractivity contribution in [1.82, 2.24) is 0 Å². The molecule has 1 aromatic carbocycles. The number of halogens is 1. The molecule has 1 fully saturated rings. The van der Waals surface area contributed by atoms with Gasteiger partial charge >= 0.3 is 0 Å². The topological polar surface area (TPSA) is 41.6 Å². The average molecular weight is 354 g/mol. The first-order chi connectivity index (χ1) is 9.46. The van der Waals surface area contributed by atoms with Crippen LogP contribution in [0.15, 0.2) is 33.7 Å². The lowest BCUT2D eigenvalue weighted by Gasteiger charge is -2.52. The van der Waals surface area contributed by atoms with E-state index in [1.165, 1.54) is 12.2 Å². The zero-order valence-corrected chi connectivity index (χ0v) is 14.3. The third kappa shape index (κ3) is 2.06. The molecule has 1 spiro atoms. The van der Waals surface area contributed by atoms with Gasteiger partial charge in [-0.2, -0.15) is 11.8 Å². The third-order valence-electron chi connectivity index (χ3n) is 4.70. The molecule has 20 heavy (non-hydrogen) atoms. The molecule has 1 aromatic rings. The van der Waals surface area contributed by atoms with E-state index < -0.39 is 0 Å². The molecule has 2 N–H and O–H groups in total. The number of rotatable bonds is 1. The van der Waals surface area contributed by atoms with Crippen molar-refractivity contribution in [2.45, 2.75) is 25.8 Å². The van der Waals surface area contributed by atoms with Gasteiger partial charge in [0.1, 0.15) is 0 Å². The third-order valence-corrected chi connectivity index (χ3v) is 6.37. The minimum Gasteiger partial charge on any atom is -0.369 e. The Labute approximate surface area is 133 Å². The van der Waals surface area contributed by atoms with Gasteiger partial charge in [-0.15, -0.1) is 0 Å². The maximum atomic E-state index is 6.24. The first kappa shape index (κ1) is 14.3. The first-order valence-corrected chi connectivity index (χ1v) is 8.85. The van der Waals surface area contributed by atoms with Crippen molar-refractivity contribution >= 4 is 39.3 Å². The van der Waals surface area contributed by atoms with Crippen molar-refractivity contribution in [3.8, 4) is 0 Å². The number of thioether (sulfide) groups is 1. The summed E-state index contributed by atoms with van der Waals surface area (Å²) in [7, 11) is 0. The second-order valence-corrected chi connectivity index (χ2v) is 8.23. The van der Waals surface area contributed by atoms with Crippen LogP contribution in [0.5, 0.6) is 0 Å². The smallest absolute Gasteiger partial charge is 0.196 e. The Hall–Kier alpha value is -0.680. The monoisotopic (exact) mass is 353 g/mol. The fraction of sp³-hybridized carbons (Fsp3) is 0.533. The lowest BCUT2D eigenvalue weighted by atomic mass is 9.70. The summed E-state index contributed by atoms with van der Waals surface area (Å²) >= 11 is 5.57. The molecule has 1 saturated heterocycles. The van der Waals surface area contributed by atoms with E-state index >= 15 is 0 Å². The van der Waals surface area contributed by atoms with Gasteiger partial charge in [-0.3, -0.25) is 4.99 Å². The van der Waals surface area contributed by atoms with Gasteiger partial charge in [0.15, 0.2) is 5.96 Å². The molecule has 1 unspecified atom stereocenters. The van der Waals surface area contributed by atoms with E-state index in [1.807, 2.05) is 17.8 Å². The first-order valence-electron chi connectivity index (χ1n) is 6.90. The van der Waals surface area contributed by atoms with Crippen LogP contribution in [0.25, 0.3) is 0 Å². The molecule has 3 rings (SSSR count). The van der Waals surface area contributed by atoms with E-state index in [4.69, 9.17) is 5.73 Å². The molecule has 0 bridgehead atoms. The quantitative estimate of drug-likeness (QED) is 0.840.